The topological polar surface area (TPSA) is 69.7 Å². The molecule has 0 aliphatic heterocycles. The van der Waals surface area contributed by atoms with Crippen LogP contribution in [0.4, 0.5) is 0 Å². The lowest BCUT2D eigenvalue weighted by atomic mass is 9.48. The standard InChI is InChI=1S/C25H36O5/c1-14(26)19-6-7-20-18-13-23(30-16(3)28)22-12-17(29-15(2)27)8-10-25(22,5)21(18)9-11-24(19,20)4/h9,17-20,22-23H,6-8,10-13H2,1-5H3. The molecule has 3 fully saturated rings. The lowest BCUT2D eigenvalue weighted by Crippen LogP contribution is -2.55. The molecule has 0 heterocycles. The van der Waals surface area contributed by atoms with Crippen molar-refractivity contribution in [1.29, 1.82) is 0 Å². The van der Waals surface area contributed by atoms with Crippen LogP contribution in [-0.4, -0.2) is 29.9 Å². The fourth-order valence-electron chi connectivity index (χ4n) is 7.86. The second kappa shape index (κ2) is 7.49. The summed E-state index contributed by atoms with van der Waals surface area (Å²) in [6, 6.07) is 0. The predicted molar refractivity (Wildman–Crippen MR) is 112 cm³/mol. The Hall–Kier alpha value is -1.65. The van der Waals surface area contributed by atoms with E-state index >= 15 is 0 Å². The number of hydrogen-bond acceptors (Lipinski definition) is 5. The Labute approximate surface area is 179 Å². The van der Waals surface area contributed by atoms with Gasteiger partial charge in [-0.2, -0.15) is 0 Å². The van der Waals surface area contributed by atoms with Gasteiger partial charge >= 0.3 is 11.9 Å². The van der Waals surface area contributed by atoms with Gasteiger partial charge in [0.25, 0.3) is 0 Å². The number of carbonyl (C=O) groups is 3. The van der Waals surface area contributed by atoms with E-state index in [-0.39, 0.29) is 46.8 Å². The number of fused-ring (bicyclic) bond motifs is 5. The van der Waals surface area contributed by atoms with Gasteiger partial charge in [0, 0.05) is 25.7 Å². The number of esters is 2. The quantitative estimate of drug-likeness (QED) is 0.496. The molecule has 3 saturated carbocycles. The number of rotatable bonds is 3. The Kier molecular flexibility index (Phi) is 5.39. The first-order valence-electron chi connectivity index (χ1n) is 11.6. The molecule has 0 N–H and O–H groups in total. The zero-order chi connectivity index (χ0) is 21.8. The van der Waals surface area contributed by atoms with Crippen molar-refractivity contribution >= 4 is 17.7 Å². The number of hydrogen-bond donors (Lipinski definition) is 0. The van der Waals surface area contributed by atoms with E-state index in [1.807, 2.05) is 0 Å². The molecule has 5 nitrogen and oxygen atoms in total. The molecule has 8 atom stereocenters. The van der Waals surface area contributed by atoms with Crippen LogP contribution in [0.25, 0.3) is 0 Å². The van der Waals surface area contributed by atoms with E-state index in [4.69, 9.17) is 9.47 Å². The minimum Gasteiger partial charge on any atom is -0.463 e. The lowest BCUT2D eigenvalue weighted by Gasteiger charge is -2.58. The van der Waals surface area contributed by atoms with E-state index in [0.29, 0.717) is 17.6 Å². The molecule has 0 aromatic carbocycles. The summed E-state index contributed by atoms with van der Waals surface area (Å²) in [6.45, 7) is 9.33. The summed E-state index contributed by atoms with van der Waals surface area (Å²) in [5, 5.41) is 0. The SMILES string of the molecule is CC(=O)OC1CCC2(C)C3=CCC4(C)C(C(C)=O)CCC4C3CC(OC(C)=O)C2C1. The highest BCUT2D eigenvalue weighted by molar-refractivity contribution is 5.79. The number of carbonyl (C=O) groups excluding carboxylic acids is 3. The highest BCUT2D eigenvalue weighted by Crippen LogP contribution is 2.65. The van der Waals surface area contributed by atoms with Crippen LogP contribution in [0.5, 0.6) is 0 Å². The van der Waals surface area contributed by atoms with Crippen molar-refractivity contribution in [3.8, 4) is 0 Å². The van der Waals surface area contributed by atoms with Crippen LogP contribution in [0.2, 0.25) is 0 Å². The molecule has 0 spiro atoms. The third-order valence-electron chi connectivity index (χ3n) is 9.11. The van der Waals surface area contributed by atoms with Crippen molar-refractivity contribution in [3.05, 3.63) is 11.6 Å². The highest BCUT2D eigenvalue weighted by atomic mass is 16.5. The van der Waals surface area contributed by atoms with Gasteiger partial charge in [-0.05, 0) is 74.5 Å². The summed E-state index contributed by atoms with van der Waals surface area (Å²) >= 11 is 0. The number of ether oxygens (including phenoxy) is 2. The van der Waals surface area contributed by atoms with E-state index < -0.39 is 0 Å². The molecule has 0 saturated heterocycles. The Morgan fingerprint density at radius 3 is 2.27 bits per heavy atom. The van der Waals surface area contributed by atoms with Gasteiger partial charge in [0.2, 0.25) is 0 Å². The van der Waals surface area contributed by atoms with Crippen molar-refractivity contribution in [1.82, 2.24) is 0 Å². The maximum absolute atomic E-state index is 12.4. The van der Waals surface area contributed by atoms with Crippen LogP contribution < -0.4 is 0 Å². The highest BCUT2D eigenvalue weighted by Gasteiger charge is 2.60. The molecule has 30 heavy (non-hydrogen) atoms. The Morgan fingerprint density at radius 2 is 1.63 bits per heavy atom. The van der Waals surface area contributed by atoms with E-state index in [2.05, 4.69) is 19.9 Å². The van der Waals surface area contributed by atoms with Crippen LogP contribution in [0.15, 0.2) is 11.6 Å². The second-order valence-corrected chi connectivity index (χ2v) is 10.7. The van der Waals surface area contributed by atoms with Crippen molar-refractivity contribution in [2.45, 2.75) is 91.8 Å². The molecule has 4 aliphatic rings. The third kappa shape index (κ3) is 3.33. The summed E-state index contributed by atoms with van der Waals surface area (Å²) in [7, 11) is 0. The smallest absolute Gasteiger partial charge is 0.302 e. The first kappa shape index (κ1) is 21.6. The number of Topliss-reactive ketones (excluding diaryl/α,β-unsaturated/α-hetero) is 1. The van der Waals surface area contributed by atoms with Gasteiger partial charge in [-0.15, -0.1) is 0 Å². The zero-order valence-electron chi connectivity index (χ0n) is 19.0. The number of ketones is 1. The average Bonchev–Trinajstić information content (AvgIpc) is 2.99. The van der Waals surface area contributed by atoms with Crippen molar-refractivity contribution in [2.75, 3.05) is 0 Å². The molecule has 0 aromatic heterocycles. The van der Waals surface area contributed by atoms with Crippen molar-refractivity contribution < 1.29 is 23.9 Å². The predicted octanol–water partition coefficient (Wildman–Crippen LogP) is 4.63. The molecular formula is C25H36O5. The van der Waals surface area contributed by atoms with Crippen LogP contribution in [0, 0.1) is 34.5 Å². The Balaban J connectivity index is 1.69. The average molecular weight is 417 g/mol. The Bertz CT molecular complexity index is 784. The summed E-state index contributed by atoms with van der Waals surface area (Å²) in [6.07, 6.45) is 8.54. The molecule has 0 aromatic rings. The molecule has 0 radical (unpaired) electrons. The lowest BCUT2D eigenvalue weighted by molar-refractivity contribution is -0.168. The summed E-state index contributed by atoms with van der Waals surface area (Å²) in [5.74, 6) is 0.966. The van der Waals surface area contributed by atoms with Crippen LogP contribution in [0.1, 0.15) is 79.6 Å². The fraction of sp³-hybridized carbons (Fsp3) is 0.800. The first-order chi connectivity index (χ1) is 14.1. The molecule has 0 amide bonds. The van der Waals surface area contributed by atoms with Gasteiger partial charge in [-0.1, -0.05) is 25.5 Å². The minimum atomic E-state index is -0.241. The van der Waals surface area contributed by atoms with Crippen LogP contribution in [-0.2, 0) is 23.9 Å². The van der Waals surface area contributed by atoms with Crippen molar-refractivity contribution in [2.24, 2.45) is 34.5 Å². The van der Waals surface area contributed by atoms with E-state index in [1.54, 1.807) is 6.92 Å². The maximum atomic E-state index is 12.4. The van der Waals surface area contributed by atoms with Gasteiger partial charge in [0.15, 0.2) is 0 Å². The molecule has 4 aliphatic carbocycles. The summed E-state index contributed by atoms with van der Waals surface area (Å²) in [4.78, 5) is 35.9. The number of allylic oxidation sites excluding steroid dienone is 2. The second-order valence-electron chi connectivity index (χ2n) is 10.7. The van der Waals surface area contributed by atoms with Gasteiger partial charge in [0.1, 0.15) is 18.0 Å². The van der Waals surface area contributed by atoms with Gasteiger partial charge in [-0.3, -0.25) is 14.4 Å². The van der Waals surface area contributed by atoms with E-state index in [1.165, 1.54) is 19.4 Å². The monoisotopic (exact) mass is 416 g/mol. The van der Waals surface area contributed by atoms with Crippen LogP contribution in [0.3, 0.4) is 0 Å². The van der Waals surface area contributed by atoms with Gasteiger partial charge in [0.05, 0.1) is 0 Å². The normalized spacial score (nSPS) is 44.8. The fourth-order valence-corrected chi connectivity index (χ4v) is 7.86. The third-order valence-corrected chi connectivity index (χ3v) is 9.11. The largest absolute Gasteiger partial charge is 0.463 e. The first-order valence-corrected chi connectivity index (χ1v) is 11.6. The molecule has 8 unspecified atom stereocenters. The van der Waals surface area contributed by atoms with E-state index in [0.717, 1.165) is 44.9 Å². The van der Waals surface area contributed by atoms with Crippen LogP contribution >= 0.6 is 0 Å². The molecular weight excluding hydrogens is 380 g/mol. The summed E-state index contributed by atoms with van der Waals surface area (Å²) in [5.41, 5.74) is 1.48. The minimum absolute atomic E-state index is 0.0128. The van der Waals surface area contributed by atoms with Crippen molar-refractivity contribution in [3.63, 3.8) is 0 Å². The molecule has 5 heteroatoms. The van der Waals surface area contributed by atoms with Gasteiger partial charge < -0.3 is 9.47 Å². The Morgan fingerprint density at radius 1 is 0.933 bits per heavy atom. The summed E-state index contributed by atoms with van der Waals surface area (Å²) < 4.78 is 11.5. The molecule has 166 valence electrons. The van der Waals surface area contributed by atoms with Gasteiger partial charge in [-0.25, -0.2) is 0 Å². The zero-order valence-corrected chi connectivity index (χ0v) is 19.0. The van der Waals surface area contributed by atoms with E-state index in [9.17, 15) is 14.4 Å². The molecule has 0 bridgehead atoms. The molecule has 4 rings (SSSR count). The maximum Gasteiger partial charge on any atom is 0.302 e.